The first-order valence-corrected chi connectivity index (χ1v) is 9.84. The first-order chi connectivity index (χ1) is 13.5. The van der Waals surface area contributed by atoms with Crippen molar-refractivity contribution in [2.45, 2.75) is 33.9 Å². The van der Waals surface area contributed by atoms with Crippen LogP contribution in [0.4, 0.5) is 0 Å². The summed E-state index contributed by atoms with van der Waals surface area (Å²) in [4.78, 5) is 44.6. The maximum atomic E-state index is 12.9. The van der Waals surface area contributed by atoms with E-state index in [0.29, 0.717) is 39.5 Å². The Bertz CT molecular complexity index is 1050. The SMILES string of the molecule is CCN(CC)C(=O)Cn1cnc2sc(C(=O)NCc3ccco3)c(C)c2c1=O. The Morgan fingerprint density at radius 1 is 1.32 bits per heavy atom. The van der Waals surface area contributed by atoms with Gasteiger partial charge in [0.1, 0.15) is 17.1 Å². The van der Waals surface area contributed by atoms with E-state index in [2.05, 4.69) is 10.3 Å². The second kappa shape index (κ2) is 8.39. The van der Waals surface area contributed by atoms with Gasteiger partial charge in [-0.3, -0.25) is 19.0 Å². The number of fused-ring (bicyclic) bond motifs is 1. The molecule has 0 aliphatic carbocycles. The van der Waals surface area contributed by atoms with Crippen LogP contribution in [0.3, 0.4) is 0 Å². The predicted molar refractivity (Wildman–Crippen MR) is 106 cm³/mol. The van der Waals surface area contributed by atoms with Crippen molar-refractivity contribution in [1.29, 1.82) is 0 Å². The Kier molecular flexibility index (Phi) is 5.93. The third-order valence-corrected chi connectivity index (χ3v) is 5.75. The van der Waals surface area contributed by atoms with Crippen LogP contribution in [-0.4, -0.2) is 39.4 Å². The molecule has 0 fully saturated rings. The standard InChI is InChI=1S/C19H22N4O4S/c1-4-22(5-2)14(24)10-23-11-21-18-15(19(23)26)12(3)16(28-18)17(25)20-9-13-7-6-8-27-13/h6-8,11H,4-5,9-10H2,1-3H3,(H,20,25). The van der Waals surface area contributed by atoms with Gasteiger partial charge in [0.25, 0.3) is 11.5 Å². The molecule has 3 heterocycles. The molecule has 0 bridgehead atoms. The minimum Gasteiger partial charge on any atom is -0.467 e. The average Bonchev–Trinajstić information content (AvgIpc) is 3.31. The molecule has 0 aliphatic rings. The summed E-state index contributed by atoms with van der Waals surface area (Å²) in [6.45, 7) is 6.85. The first kappa shape index (κ1) is 19.8. The summed E-state index contributed by atoms with van der Waals surface area (Å²) < 4.78 is 6.50. The zero-order valence-corrected chi connectivity index (χ0v) is 16.8. The van der Waals surface area contributed by atoms with Crippen LogP contribution in [0.5, 0.6) is 0 Å². The Balaban J connectivity index is 1.87. The number of carbonyl (C=O) groups excluding carboxylic acids is 2. The molecule has 148 valence electrons. The van der Waals surface area contributed by atoms with E-state index in [0.717, 1.165) is 11.3 Å². The number of rotatable bonds is 7. The number of furan rings is 1. The second-order valence-electron chi connectivity index (χ2n) is 6.24. The molecular weight excluding hydrogens is 380 g/mol. The summed E-state index contributed by atoms with van der Waals surface area (Å²) >= 11 is 1.16. The molecule has 0 aliphatic heterocycles. The van der Waals surface area contributed by atoms with E-state index in [1.807, 2.05) is 13.8 Å². The van der Waals surface area contributed by atoms with Gasteiger partial charge in [-0.2, -0.15) is 0 Å². The minimum atomic E-state index is -0.315. The highest BCUT2D eigenvalue weighted by atomic mass is 32.1. The summed E-state index contributed by atoms with van der Waals surface area (Å²) in [6, 6.07) is 3.52. The van der Waals surface area contributed by atoms with E-state index >= 15 is 0 Å². The summed E-state index contributed by atoms with van der Waals surface area (Å²) in [6.07, 6.45) is 2.91. The fraction of sp³-hybridized carbons (Fsp3) is 0.368. The van der Waals surface area contributed by atoms with Gasteiger partial charge in [0, 0.05) is 13.1 Å². The highest BCUT2D eigenvalue weighted by Gasteiger charge is 2.20. The van der Waals surface area contributed by atoms with Crippen molar-refractivity contribution in [3.8, 4) is 0 Å². The number of thiophene rings is 1. The maximum Gasteiger partial charge on any atom is 0.262 e. The van der Waals surface area contributed by atoms with Gasteiger partial charge >= 0.3 is 0 Å². The molecule has 2 amide bonds. The summed E-state index contributed by atoms with van der Waals surface area (Å²) in [5.74, 6) is 0.210. The maximum absolute atomic E-state index is 12.9. The molecule has 0 saturated carbocycles. The monoisotopic (exact) mass is 402 g/mol. The molecule has 8 nitrogen and oxygen atoms in total. The molecule has 0 aromatic carbocycles. The van der Waals surface area contributed by atoms with Gasteiger partial charge in [0.15, 0.2) is 0 Å². The van der Waals surface area contributed by atoms with Crippen molar-refractivity contribution < 1.29 is 14.0 Å². The van der Waals surface area contributed by atoms with E-state index in [1.54, 1.807) is 24.0 Å². The van der Waals surface area contributed by atoms with Gasteiger partial charge in [0.2, 0.25) is 5.91 Å². The zero-order valence-electron chi connectivity index (χ0n) is 16.0. The number of nitrogens with one attached hydrogen (secondary N) is 1. The van der Waals surface area contributed by atoms with Crippen molar-refractivity contribution in [2.75, 3.05) is 13.1 Å². The average molecular weight is 402 g/mol. The quantitative estimate of drug-likeness (QED) is 0.653. The van der Waals surface area contributed by atoms with Gasteiger partial charge in [-0.15, -0.1) is 11.3 Å². The molecule has 3 rings (SSSR count). The van der Waals surface area contributed by atoms with Crippen molar-refractivity contribution in [2.24, 2.45) is 0 Å². The topological polar surface area (TPSA) is 97.4 Å². The third-order valence-electron chi connectivity index (χ3n) is 4.55. The lowest BCUT2D eigenvalue weighted by Crippen LogP contribution is -2.36. The molecule has 0 spiro atoms. The van der Waals surface area contributed by atoms with Crippen LogP contribution in [-0.2, 0) is 17.9 Å². The number of hydrogen-bond acceptors (Lipinski definition) is 6. The highest BCUT2D eigenvalue weighted by Crippen LogP contribution is 2.26. The molecule has 0 unspecified atom stereocenters. The Hall–Kier alpha value is -2.94. The number of likely N-dealkylation sites (N-methyl/N-ethyl adjacent to an activating group) is 1. The predicted octanol–water partition coefficient (Wildman–Crippen LogP) is 2.16. The van der Waals surface area contributed by atoms with Crippen LogP contribution in [0.25, 0.3) is 10.2 Å². The molecular formula is C19H22N4O4S. The molecule has 0 radical (unpaired) electrons. The normalized spacial score (nSPS) is 11.0. The van der Waals surface area contributed by atoms with Crippen LogP contribution in [0.2, 0.25) is 0 Å². The van der Waals surface area contributed by atoms with Crippen molar-refractivity contribution in [1.82, 2.24) is 19.8 Å². The molecule has 0 atom stereocenters. The summed E-state index contributed by atoms with van der Waals surface area (Å²) in [7, 11) is 0. The van der Waals surface area contributed by atoms with Crippen LogP contribution in [0.1, 0.15) is 34.8 Å². The second-order valence-corrected chi connectivity index (χ2v) is 7.24. The fourth-order valence-electron chi connectivity index (χ4n) is 2.97. The Morgan fingerprint density at radius 3 is 2.71 bits per heavy atom. The van der Waals surface area contributed by atoms with E-state index in [4.69, 9.17) is 4.42 Å². The van der Waals surface area contributed by atoms with Crippen LogP contribution < -0.4 is 10.9 Å². The van der Waals surface area contributed by atoms with E-state index < -0.39 is 0 Å². The van der Waals surface area contributed by atoms with Crippen molar-refractivity contribution in [3.05, 3.63) is 51.3 Å². The number of carbonyl (C=O) groups is 2. The van der Waals surface area contributed by atoms with E-state index in [1.165, 1.54) is 17.2 Å². The number of nitrogens with zero attached hydrogens (tertiary/aromatic N) is 3. The molecule has 28 heavy (non-hydrogen) atoms. The van der Waals surface area contributed by atoms with Gasteiger partial charge in [-0.1, -0.05) is 0 Å². The van der Waals surface area contributed by atoms with Gasteiger partial charge in [-0.05, 0) is 38.5 Å². The van der Waals surface area contributed by atoms with E-state index in [9.17, 15) is 14.4 Å². The lowest BCUT2D eigenvalue weighted by atomic mass is 10.2. The highest BCUT2D eigenvalue weighted by molar-refractivity contribution is 7.20. The molecule has 9 heteroatoms. The van der Waals surface area contributed by atoms with Crippen LogP contribution in [0.15, 0.2) is 33.9 Å². The van der Waals surface area contributed by atoms with Gasteiger partial charge in [-0.25, -0.2) is 4.98 Å². The number of hydrogen-bond donors (Lipinski definition) is 1. The largest absolute Gasteiger partial charge is 0.467 e. The van der Waals surface area contributed by atoms with Crippen molar-refractivity contribution >= 4 is 33.4 Å². The molecule has 0 saturated heterocycles. The summed E-state index contributed by atoms with van der Waals surface area (Å²) in [5, 5.41) is 3.16. The number of amides is 2. The first-order valence-electron chi connectivity index (χ1n) is 9.03. The van der Waals surface area contributed by atoms with Gasteiger partial charge in [0.05, 0.1) is 29.4 Å². The Labute approximate surface area is 165 Å². The van der Waals surface area contributed by atoms with E-state index in [-0.39, 0.29) is 30.5 Å². The van der Waals surface area contributed by atoms with Crippen LogP contribution in [0, 0.1) is 6.92 Å². The lowest BCUT2D eigenvalue weighted by Gasteiger charge is -2.18. The zero-order chi connectivity index (χ0) is 20.3. The third kappa shape index (κ3) is 3.84. The molecule has 1 N–H and O–H groups in total. The lowest BCUT2D eigenvalue weighted by molar-refractivity contribution is -0.131. The number of aryl methyl sites for hydroxylation is 1. The summed E-state index contributed by atoms with van der Waals surface area (Å²) in [5.41, 5.74) is 0.253. The van der Waals surface area contributed by atoms with Gasteiger partial charge < -0.3 is 14.6 Å². The smallest absolute Gasteiger partial charge is 0.262 e. The fourth-order valence-corrected chi connectivity index (χ4v) is 4.03. The number of aromatic nitrogens is 2. The molecule has 3 aromatic heterocycles. The van der Waals surface area contributed by atoms with Crippen molar-refractivity contribution in [3.63, 3.8) is 0 Å². The Morgan fingerprint density at radius 2 is 2.07 bits per heavy atom. The van der Waals surface area contributed by atoms with Crippen LogP contribution >= 0.6 is 11.3 Å². The minimum absolute atomic E-state index is 0.0707. The molecule has 3 aromatic rings.